The Labute approximate surface area is 109 Å². The average molecular weight is 263 g/mol. The van der Waals surface area contributed by atoms with Crippen molar-refractivity contribution < 1.29 is 23.5 Å². The number of methoxy groups -OCH3 is 3. The number of carbonyl (C=O) groups is 1. The quantitative estimate of drug-likeness (QED) is 0.770. The number of ether oxygens (including phenoxy) is 3. The highest BCUT2D eigenvalue weighted by molar-refractivity contribution is 5.88. The van der Waals surface area contributed by atoms with Gasteiger partial charge in [0.1, 0.15) is 12.0 Å². The zero-order chi connectivity index (χ0) is 13.8. The molecule has 0 radical (unpaired) electrons. The lowest BCUT2D eigenvalue weighted by Gasteiger charge is -2.14. The van der Waals surface area contributed by atoms with Gasteiger partial charge in [-0.25, -0.2) is 0 Å². The molecule has 1 aromatic heterocycles. The number of rotatable bonds is 5. The normalized spacial score (nSPS) is 10.1. The van der Waals surface area contributed by atoms with Gasteiger partial charge in [0.2, 0.25) is 5.75 Å². The molecule has 0 saturated heterocycles. The highest BCUT2D eigenvalue weighted by atomic mass is 16.5. The van der Waals surface area contributed by atoms with Gasteiger partial charge in [-0.3, -0.25) is 4.79 Å². The van der Waals surface area contributed by atoms with Gasteiger partial charge in [0, 0.05) is 0 Å². The summed E-state index contributed by atoms with van der Waals surface area (Å²) in [4.78, 5) is 10.9. The standard InChI is InChI=1S/C13H13NO5/c1-16-10-5-4-9(12(17-2)13(10)18-3)11-8(6-15)7-19-14-11/h4-7H,1-3H3. The van der Waals surface area contributed by atoms with Crippen LogP contribution in [0.15, 0.2) is 22.9 Å². The lowest BCUT2D eigenvalue weighted by atomic mass is 10.1. The SMILES string of the molecule is COc1ccc(-c2nocc2C=O)c(OC)c1OC. The van der Waals surface area contributed by atoms with Gasteiger partial charge in [0.25, 0.3) is 0 Å². The molecule has 0 aliphatic heterocycles. The molecule has 0 fully saturated rings. The first kappa shape index (κ1) is 12.9. The lowest BCUT2D eigenvalue weighted by molar-refractivity contribution is 0.112. The van der Waals surface area contributed by atoms with Gasteiger partial charge in [0.15, 0.2) is 17.8 Å². The molecule has 0 saturated carbocycles. The monoisotopic (exact) mass is 263 g/mol. The van der Waals surface area contributed by atoms with Crippen molar-refractivity contribution >= 4 is 6.29 Å². The summed E-state index contributed by atoms with van der Waals surface area (Å²) in [6.45, 7) is 0. The summed E-state index contributed by atoms with van der Waals surface area (Å²) in [5.41, 5.74) is 1.33. The van der Waals surface area contributed by atoms with Crippen molar-refractivity contribution in [2.45, 2.75) is 0 Å². The lowest BCUT2D eigenvalue weighted by Crippen LogP contribution is -1.97. The third kappa shape index (κ3) is 2.12. The Hall–Kier alpha value is -2.50. The number of benzene rings is 1. The van der Waals surface area contributed by atoms with E-state index in [9.17, 15) is 4.79 Å². The largest absolute Gasteiger partial charge is 0.493 e. The zero-order valence-electron chi connectivity index (χ0n) is 10.8. The summed E-state index contributed by atoms with van der Waals surface area (Å²) in [7, 11) is 4.54. The van der Waals surface area contributed by atoms with Gasteiger partial charge < -0.3 is 18.7 Å². The van der Waals surface area contributed by atoms with Crippen LogP contribution >= 0.6 is 0 Å². The van der Waals surface area contributed by atoms with Crippen molar-refractivity contribution in [1.82, 2.24) is 5.16 Å². The van der Waals surface area contributed by atoms with E-state index in [-0.39, 0.29) is 0 Å². The van der Waals surface area contributed by atoms with Crippen molar-refractivity contribution in [3.05, 3.63) is 24.0 Å². The van der Waals surface area contributed by atoms with E-state index in [1.54, 1.807) is 12.1 Å². The van der Waals surface area contributed by atoms with Crippen LogP contribution in [0, 0.1) is 0 Å². The highest BCUT2D eigenvalue weighted by Crippen LogP contribution is 2.44. The molecular formula is C13H13NO5. The van der Waals surface area contributed by atoms with Crippen LogP contribution in [-0.4, -0.2) is 32.8 Å². The molecule has 100 valence electrons. The third-order valence-electron chi connectivity index (χ3n) is 2.68. The van der Waals surface area contributed by atoms with Crippen LogP contribution in [0.2, 0.25) is 0 Å². The van der Waals surface area contributed by atoms with Crippen molar-refractivity contribution in [3.8, 4) is 28.5 Å². The minimum Gasteiger partial charge on any atom is -0.493 e. The molecule has 0 amide bonds. The Morgan fingerprint density at radius 1 is 1.11 bits per heavy atom. The second-order valence-corrected chi connectivity index (χ2v) is 3.62. The predicted octanol–water partition coefficient (Wildman–Crippen LogP) is 2.18. The first-order valence-electron chi connectivity index (χ1n) is 5.45. The van der Waals surface area contributed by atoms with Crippen LogP contribution in [0.3, 0.4) is 0 Å². The van der Waals surface area contributed by atoms with Crippen LogP contribution in [0.25, 0.3) is 11.3 Å². The van der Waals surface area contributed by atoms with Gasteiger partial charge in [-0.15, -0.1) is 0 Å². The smallest absolute Gasteiger partial charge is 0.203 e. The molecule has 1 heterocycles. The van der Waals surface area contributed by atoms with E-state index in [2.05, 4.69) is 5.16 Å². The molecule has 19 heavy (non-hydrogen) atoms. The molecule has 0 N–H and O–H groups in total. The summed E-state index contributed by atoms with van der Waals surface area (Å²) in [5.74, 6) is 1.39. The van der Waals surface area contributed by atoms with Crippen molar-refractivity contribution in [1.29, 1.82) is 0 Å². The van der Waals surface area contributed by atoms with Crippen molar-refractivity contribution in [3.63, 3.8) is 0 Å². The molecule has 6 nitrogen and oxygen atoms in total. The van der Waals surface area contributed by atoms with Crippen molar-refractivity contribution in [2.75, 3.05) is 21.3 Å². The molecule has 0 spiro atoms. The minimum absolute atomic E-state index is 0.338. The molecular weight excluding hydrogens is 250 g/mol. The maximum atomic E-state index is 10.9. The number of nitrogens with zero attached hydrogens (tertiary/aromatic N) is 1. The maximum Gasteiger partial charge on any atom is 0.203 e. The van der Waals surface area contributed by atoms with Gasteiger partial charge in [0.05, 0.1) is 32.5 Å². The van der Waals surface area contributed by atoms with Crippen LogP contribution in [0.5, 0.6) is 17.2 Å². The van der Waals surface area contributed by atoms with Gasteiger partial charge in [-0.2, -0.15) is 0 Å². The van der Waals surface area contributed by atoms with Crippen LogP contribution in [-0.2, 0) is 0 Å². The first-order chi connectivity index (χ1) is 9.26. The fourth-order valence-electron chi connectivity index (χ4n) is 1.82. The van der Waals surface area contributed by atoms with Gasteiger partial charge >= 0.3 is 0 Å². The van der Waals surface area contributed by atoms with E-state index in [0.717, 1.165) is 0 Å². The van der Waals surface area contributed by atoms with E-state index < -0.39 is 0 Å². The number of hydrogen-bond acceptors (Lipinski definition) is 6. The van der Waals surface area contributed by atoms with E-state index in [0.29, 0.717) is 40.4 Å². The second-order valence-electron chi connectivity index (χ2n) is 3.62. The molecule has 0 aliphatic carbocycles. The number of hydrogen-bond donors (Lipinski definition) is 0. The van der Waals surface area contributed by atoms with Crippen LogP contribution < -0.4 is 14.2 Å². The molecule has 0 unspecified atom stereocenters. The molecule has 1 aromatic carbocycles. The number of aldehydes is 1. The Bertz CT molecular complexity index is 591. The summed E-state index contributed by atoms with van der Waals surface area (Å²) in [6, 6.07) is 3.44. The third-order valence-corrected chi connectivity index (χ3v) is 2.68. The molecule has 0 atom stereocenters. The summed E-state index contributed by atoms with van der Waals surface area (Å²) in [6.07, 6.45) is 1.94. The second kappa shape index (κ2) is 5.43. The van der Waals surface area contributed by atoms with Crippen molar-refractivity contribution in [2.24, 2.45) is 0 Å². The summed E-state index contributed by atoms with van der Waals surface area (Å²) in [5, 5.41) is 3.81. The fourth-order valence-corrected chi connectivity index (χ4v) is 1.82. The Morgan fingerprint density at radius 2 is 1.84 bits per heavy atom. The first-order valence-corrected chi connectivity index (χ1v) is 5.45. The minimum atomic E-state index is 0.338. The van der Waals surface area contributed by atoms with Gasteiger partial charge in [-0.05, 0) is 12.1 Å². The average Bonchev–Trinajstić information content (AvgIpc) is 2.93. The summed E-state index contributed by atoms with van der Waals surface area (Å²) >= 11 is 0. The van der Waals surface area contributed by atoms with E-state index >= 15 is 0 Å². The Balaban J connectivity index is 2.67. The zero-order valence-corrected chi connectivity index (χ0v) is 10.8. The van der Waals surface area contributed by atoms with E-state index in [1.807, 2.05) is 0 Å². The molecule has 2 aromatic rings. The molecule has 6 heteroatoms. The molecule has 0 aliphatic rings. The topological polar surface area (TPSA) is 70.8 Å². The van der Waals surface area contributed by atoms with Crippen LogP contribution in [0.4, 0.5) is 0 Å². The van der Waals surface area contributed by atoms with Gasteiger partial charge in [-0.1, -0.05) is 5.16 Å². The van der Waals surface area contributed by atoms with E-state index in [1.165, 1.54) is 27.6 Å². The highest BCUT2D eigenvalue weighted by Gasteiger charge is 2.21. The predicted molar refractivity (Wildman–Crippen MR) is 67.0 cm³/mol. The number of aromatic nitrogens is 1. The summed E-state index contributed by atoms with van der Waals surface area (Å²) < 4.78 is 20.6. The number of carbonyl (C=O) groups excluding carboxylic acids is 1. The van der Waals surface area contributed by atoms with E-state index in [4.69, 9.17) is 18.7 Å². The Morgan fingerprint density at radius 3 is 2.42 bits per heavy atom. The maximum absolute atomic E-state index is 10.9. The Kier molecular flexibility index (Phi) is 3.70. The van der Waals surface area contributed by atoms with Crippen LogP contribution in [0.1, 0.15) is 10.4 Å². The molecule has 2 rings (SSSR count). The fraction of sp³-hybridized carbons (Fsp3) is 0.231. The molecule has 0 bridgehead atoms.